The van der Waals surface area contributed by atoms with E-state index in [-0.39, 0.29) is 0 Å². The molecule has 0 saturated carbocycles. The van der Waals surface area contributed by atoms with Crippen LogP contribution in [0.3, 0.4) is 0 Å². The molecular weight excluding hydrogens is 168 g/mol. The molecule has 0 aliphatic rings. The van der Waals surface area contributed by atoms with E-state index in [4.69, 9.17) is 4.74 Å². The summed E-state index contributed by atoms with van der Waals surface area (Å²) in [5, 5.41) is 2.48. The fraction of sp³-hybridized carbons (Fsp3) is 0.111. The van der Waals surface area contributed by atoms with Crippen molar-refractivity contribution in [3.63, 3.8) is 0 Å². The van der Waals surface area contributed by atoms with Gasteiger partial charge in [0.05, 0.1) is 0 Å². The third kappa shape index (κ3) is 3.37. The molecule has 0 radical (unpaired) electrons. The molecule has 1 heterocycles. The third-order valence-electron chi connectivity index (χ3n) is 1.25. The smallest absolute Gasteiger partial charge is 0.410 e. The van der Waals surface area contributed by atoms with E-state index < -0.39 is 6.09 Å². The summed E-state index contributed by atoms with van der Waals surface area (Å²) < 4.78 is 4.88. The van der Waals surface area contributed by atoms with Crippen LogP contribution < -0.4 is 10.1 Å². The zero-order chi connectivity index (χ0) is 9.52. The summed E-state index contributed by atoms with van der Waals surface area (Å²) in [6.07, 6.45) is 4.19. The topological polar surface area (TPSA) is 51.2 Å². The number of rotatable bonds is 3. The monoisotopic (exact) mass is 178 g/mol. The van der Waals surface area contributed by atoms with Gasteiger partial charge < -0.3 is 10.1 Å². The van der Waals surface area contributed by atoms with Gasteiger partial charge in [0.25, 0.3) is 0 Å². The molecule has 1 amide bonds. The number of carbonyl (C=O) groups is 1. The van der Waals surface area contributed by atoms with Crippen LogP contribution in [0.2, 0.25) is 0 Å². The van der Waals surface area contributed by atoms with Gasteiger partial charge in [0.15, 0.2) is 0 Å². The molecule has 4 heteroatoms. The van der Waals surface area contributed by atoms with Crippen molar-refractivity contribution in [2.45, 2.75) is 0 Å². The van der Waals surface area contributed by atoms with E-state index in [1.54, 1.807) is 30.6 Å². The molecule has 0 aliphatic heterocycles. The van der Waals surface area contributed by atoms with Gasteiger partial charge in [0.2, 0.25) is 0 Å². The predicted octanol–water partition coefficient (Wildman–Crippen LogP) is 1.36. The minimum atomic E-state index is -0.494. The minimum Gasteiger partial charge on any atom is -0.410 e. The molecule has 0 unspecified atom stereocenters. The van der Waals surface area contributed by atoms with E-state index in [2.05, 4.69) is 16.9 Å². The van der Waals surface area contributed by atoms with Crippen molar-refractivity contribution in [3.05, 3.63) is 37.2 Å². The number of amides is 1. The lowest BCUT2D eigenvalue weighted by Crippen LogP contribution is -2.26. The van der Waals surface area contributed by atoms with Gasteiger partial charge in [0.1, 0.15) is 5.75 Å². The van der Waals surface area contributed by atoms with Crippen molar-refractivity contribution in [1.29, 1.82) is 0 Å². The van der Waals surface area contributed by atoms with Crippen molar-refractivity contribution in [3.8, 4) is 5.75 Å². The second-order valence-corrected chi connectivity index (χ2v) is 2.24. The maximum Gasteiger partial charge on any atom is 0.412 e. The van der Waals surface area contributed by atoms with Crippen LogP contribution in [0.1, 0.15) is 0 Å². The quantitative estimate of drug-likeness (QED) is 0.711. The Kier molecular flexibility index (Phi) is 3.50. The number of aromatic nitrogens is 1. The first-order chi connectivity index (χ1) is 6.33. The Labute approximate surface area is 76.2 Å². The van der Waals surface area contributed by atoms with Crippen LogP contribution in [-0.4, -0.2) is 17.6 Å². The van der Waals surface area contributed by atoms with Gasteiger partial charge in [-0.15, -0.1) is 6.58 Å². The highest BCUT2D eigenvalue weighted by atomic mass is 16.5. The van der Waals surface area contributed by atoms with Crippen LogP contribution in [-0.2, 0) is 0 Å². The highest BCUT2D eigenvalue weighted by molar-refractivity contribution is 5.70. The Bertz CT molecular complexity index is 285. The van der Waals surface area contributed by atoms with Crippen LogP contribution >= 0.6 is 0 Å². The molecule has 0 aliphatic carbocycles. The van der Waals surface area contributed by atoms with Gasteiger partial charge in [-0.05, 0) is 12.1 Å². The van der Waals surface area contributed by atoms with Crippen LogP contribution in [0.25, 0.3) is 0 Å². The molecular formula is C9H10N2O2. The second-order valence-electron chi connectivity index (χ2n) is 2.24. The van der Waals surface area contributed by atoms with Crippen molar-refractivity contribution < 1.29 is 9.53 Å². The molecule has 0 saturated heterocycles. The van der Waals surface area contributed by atoms with E-state index >= 15 is 0 Å². The summed E-state index contributed by atoms with van der Waals surface area (Å²) in [7, 11) is 0. The standard InChI is InChI=1S/C9H10N2O2/c1-2-5-11-9(12)13-8-3-6-10-7-4-8/h2-4,6-7H,1,5H2,(H,11,12). The Morgan fingerprint density at radius 3 is 2.92 bits per heavy atom. The van der Waals surface area contributed by atoms with Crippen LogP contribution in [0.15, 0.2) is 37.2 Å². The molecule has 4 nitrogen and oxygen atoms in total. The van der Waals surface area contributed by atoms with E-state index in [0.717, 1.165) is 0 Å². The molecule has 1 rings (SSSR count). The van der Waals surface area contributed by atoms with Gasteiger partial charge >= 0.3 is 6.09 Å². The summed E-state index contributed by atoms with van der Waals surface area (Å²) in [6.45, 7) is 3.85. The number of carbonyl (C=O) groups excluding carboxylic acids is 1. The maximum atomic E-state index is 11.0. The van der Waals surface area contributed by atoms with Crippen molar-refractivity contribution in [1.82, 2.24) is 10.3 Å². The van der Waals surface area contributed by atoms with E-state index in [1.807, 2.05) is 0 Å². The van der Waals surface area contributed by atoms with E-state index in [1.165, 1.54) is 0 Å². The Morgan fingerprint density at radius 2 is 2.31 bits per heavy atom. The number of ether oxygens (including phenoxy) is 1. The molecule has 1 aromatic rings. The molecule has 13 heavy (non-hydrogen) atoms. The molecule has 0 bridgehead atoms. The van der Waals surface area contributed by atoms with Crippen LogP contribution in [0, 0.1) is 0 Å². The summed E-state index contributed by atoms with van der Waals surface area (Å²) in [5.41, 5.74) is 0. The zero-order valence-electron chi connectivity index (χ0n) is 7.06. The average molecular weight is 178 g/mol. The Hall–Kier alpha value is -1.84. The highest BCUT2D eigenvalue weighted by Gasteiger charge is 2.00. The number of nitrogens with zero attached hydrogens (tertiary/aromatic N) is 1. The first kappa shape index (κ1) is 9.25. The summed E-state index contributed by atoms with van der Waals surface area (Å²) in [4.78, 5) is 14.8. The van der Waals surface area contributed by atoms with Gasteiger partial charge in [0, 0.05) is 18.9 Å². The van der Waals surface area contributed by atoms with Crippen LogP contribution in [0.5, 0.6) is 5.75 Å². The molecule has 0 atom stereocenters. The number of nitrogens with one attached hydrogen (secondary N) is 1. The SMILES string of the molecule is C=CCNC(=O)Oc1ccncc1. The predicted molar refractivity (Wildman–Crippen MR) is 48.5 cm³/mol. The normalized spacial score (nSPS) is 8.92. The molecule has 0 spiro atoms. The molecule has 68 valence electrons. The number of hydrogen-bond acceptors (Lipinski definition) is 3. The first-order valence-electron chi connectivity index (χ1n) is 3.79. The Morgan fingerprint density at radius 1 is 1.62 bits per heavy atom. The van der Waals surface area contributed by atoms with Crippen molar-refractivity contribution in [2.24, 2.45) is 0 Å². The molecule has 1 aromatic heterocycles. The first-order valence-corrected chi connectivity index (χ1v) is 3.79. The molecule has 1 N–H and O–H groups in total. The fourth-order valence-electron chi connectivity index (χ4n) is 0.705. The maximum absolute atomic E-state index is 11.0. The largest absolute Gasteiger partial charge is 0.412 e. The summed E-state index contributed by atoms with van der Waals surface area (Å²) in [5.74, 6) is 0.469. The molecule has 0 aromatic carbocycles. The van der Waals surface area contributed by atoms with Crippen LogP contribution in [0.4, 0.5) is 4.79 Å². The number of pyridine rings is 1. The third-order valence-corrected chi connectivity index (χ3v) is 1.25. The van der Waals surface area contributed by atoms with E-state index in [0.29, 0.717) is 12.3 Å². The van der Waals surface area contributed by atoms with Gasteiger partial charge in [-0.3, -0.25) is 4.98 Å². The lowest BCUT2D eigenvalue weighted by atomic mass is 10.5. The van der Waals surface area contributed by atoms with Crippen molar-refractivity contribution in [2.75, 3.05) is 6.54 Å². The average Bonchev–Trinajstić information content (AvgIpc) is 2.16. The second kappa shape index (κ2) is 4.92. The lowest BCUT2D eigenvalue weighted by molar-refractivity contribution is 0.201. The number of hydrogen-bond donors (Lipinski definition) is 1. The summed E-state index contributed by atoms with van der Waals surface area (Å²) >= 11 is 0. The van der Waals surface area contributed by atoms with Crippen molar-refractivity contribution >= 4 is 6.09 Å². The molecule has 0 fully saturated rings. The van der Waals surface area contributed by atoms with Gasteiger partial charge in [-0.25, -0.2) is 4.79 Å². The fourth-order valence-corrected chi connectivity index (χ4v) is 0.705. The van der Waals surface area contributed by atoms with Gasteiger partial charge in [-0.2, -0.15) is 0 Å². The minimum absolute atomic E-state index is 0.393. The summed E-state index contributed by atoms with van der Waals surface area (Å²) in [6, 6.07) is 3.21. The zero-order valence-corrected chi connectivity index (χ0v) is 7.06. The van der Waals surface area contributed by atoms with E-state index in [9.17, 15) is 4.79 Å². The Balaban J connectivity index is 2.41. The van der Waals surface area contributed by atoms with Gasteiger partial charge in [-0.1, -0.05) is 6.08 Å². The lowest BCUT2D eigenvalue weighted by Gasteiger charge is -2.03. The highest BCUT2D eigenvalue weighted by Crippen LogP contribution is 2.06.